The molecule has 6 nitrogen and oxygen atoms in total. The van der Waals surface area contributed by atoms with E-state index in [1.165, 1.54) is 6.20 Å². The van der Waals surface area contributed by atoms with Gasteiger partial charge in [-0.3, -0.25) is 4.79 Å². The van der Waals surface area contributed by atoms with Gasteiger partial charge in [-0.1, -0.05) is 18.2 Å². The molecule has 0 spiro atoms. The molecule has 0 aliphatic carbocycles. The van der Waals surface area contributed by atoms with Crippen molar-refractivity contribution in [2.75, 3.05) is 5.32 Å². The fourth-order valence-electron chi connectivity index (χ4n) is 2.08. The fourth-order valence-corrected chi connectivity index (χ4v) is 2.08. The first-order valence-electron chi connectivity index (χ1n) is 6.47. The third kappa shape index (κ3) is 3.42. The average Bonchev–Trinajstić information content (AvgIpc) is 2.79. The first-order chi connectivity index (χ1) is 9.99. The zero-order valence-corrected chi connectivity index (χ0v) is 11.5. The van der Waals surface area contributed by atoms with E-state index in [9.17, 15) is 14.7 Å². The molecular weight excluding hydrogens is 272 g/mol. The van der Waals surface area contributed by atoms with E-state index in [2.05, 4.69) is 10.3 Å². The lowest BCUT2D eigenvalue weighted by Gasteiger charge is -2.06. The van der Waals surface area contributed by atoms with Crippen LogP contribution in [0.15, 0.2) is 30.5 Å². The van der Waals surface area contributed by atoms with Gasteiger partial charge in [-0.25, -0.2) is 4.79 Å². The lowest BCUT2D eigenvalue weighted by Crippen LogP contribution is -2.14. The maximum Gasteiger partial charge on any atom is 0.339 e. The number of carboxylic acids is 1. The first kappa shape index (κ1) is 14.6. The topological polar surface area (TPSA) is 102 Å². The van der Waals surface area contributed by atoms with E-state index >= 15 is 0 Å². The normalized spacial score (nSPS) is 10.3. The summed E-state index contributed by atoms with van der Waals surface area (Å²) in [5.74, 6) is -1.25. The molecule has 110 valence electrons. The summed E-state index contributed by atoms with van der Waals surface area (Å²) in [6.45, 7) is 1.63. The number of aryl methyl sites for hydroxylation is 2. The molecule has 1 heterocycles. The minimum atomic E-state index is -1.09. The molecule has 0 aliphatic rings. The Morgan fingerprint density at radius 3 is 2.67 bits per heavy atom. The van der Waals surface area contributed by atoms with Crippen molar-refractivity contribution in [1.82, 2.24) is 4.98 Å². The summed E-state index contributed by atoms with van der Waals surface area (Å²) < 4.78 is 0. The molecular formula is C15H16N2O4. The Morgan fingerprint density at radius 2 is 2.00 bits per heavy atom. The van der Waals surface area contributed by atoms with Crippen molar-refractivity contribution in [3.8, 4) is 5.75 Å². The molecule has 21 heavy (non-hydrogen) atoms. The number of para-hydroxylation sites is 1. The zero-order chi connectivity index (χ0) is 15.4. The number of aromatic nitrogens is 1. The van der Waals surface area contributed by atoms with Crippen molar-refractivity contribution < 1.29 is 19.8 Å². The molecule has 0 bridgehead atoms. The smallest absolute Gasteiger partial charge is 0.339 e. The molecule has 4 N–H and O–H groups in total. The summed E-state index contributed by atoms with van der Waals surface area (Å²) in [7, 11) is 0. The first-order valence-corrected chi connectivity index (χ1v) is 6.47. The molecule has 1 aromatic heterocycles. The molecule has 0 fully saturated rings. The number of anilines is 1. The SMILES string of the molecule is Cc1[nH]cc(NC(=O)CCc2ccccc2O)c1C(=O)O. The number of hydrogen-bond donors (Lipinski definition) is 4. The Balaban J connectivity index is 2.00. The van der Waals surface area contributed by atoms with Crippen LogP contribution in [-0.4, -0.2) is 27.1 Å². The number of H-pyrrole nitrogens is 1. The maximum atomic E-state index is 11.9. The van der Waals surface area contributed by atoms with Crippen LogP contribution in [0, 0.1) is 6.92 Å². The minimum Gasteiger partial charge on any atom is -0.508 e. The number of aromatic hydroxyl groups is 1. The Labute approximate surface area is 121 Å². The van der Waals surface area contributed by atoms with Gasteiger partial charge in [-0.2, -0.15) is 0 Å². The van der Waals surface area contributed by atoms with Gasteiger partial charge in [0.15, 0.2) is 0 Å². The molecule has 0 saturated carbocycles. The molecule has 2 rings (SSSR count). The summed E-state index contributed by atoms with van der Waals surface area (Å²) in [5, 5.41) is 21.3. The van der Waals surface area contributed by atoms with Gasteiger partial charge in [0.1, 0.15) is 11.3 Å². The van der Waals surface area contributed by atoms with E-state index in [1.54, 1.807) is 31.2 Å². The van der Waals surface area contributed by atoms with Crippen LogP contribution < -0.4 is 5.32 Å². The number of rotatable bonds is 5. The highest BCUT2D eigenvalue weighted by atomic mass is 16.4. The number of carbonyl (C=O) groups excluding carboxylic acids is 1. The molecule has 0 aliphatic heterocycles. The van der Waals surface area contributed by atoms with Gasteiger partial charge in [-0.05, 0) is 25.0 Å². The number of benzene rings is 1. The van der Waals surface area contributed by atoms with Crippen LogP contribution in [0.4, 0.5) is 5.69 Å². The number of carboxylic acid groups (broad SMARTS) is 1. The van der Waals surface area contributed by atoms with E-state index in [4.69, 9.17) is 5.11 Å². The monoisotopic (exact) mass is 288 g/mol. The third-order valence-corrected chi connectivity index (χ3v) is 3.18. The van der Waals surface area contributed by atoms with Crippen LogP contribution in [0.1, 0.15) is 28.0 Å². The van der Waals surface area contributed by atoms with Gasteiger partial charge in [0.2, 0.25) is 5.91 Å². The zero-order valence-electron chi connectivity index (χ0n) is 11.5. The number of aromatic carboxylic acids is 1. The van der Waals surface area contributed by atoms with Crippen LogP contribution in [-0.2, 0) is 11.2 Å². The molecule has 0 radical (unpaired) electrons. The minimum absolute atomic E-state index is 0.0610. The number of phenols is 1. The van der Waals surface area contributed by atoms with Crippen molar-refractivity contribution in [3.63, 3.8) is 0 Å². The quantitative estimate of drug-likeness (QED) is 0.678. The average molecular weight is 288 g/mol. The summed E-state index contributed by atoms with van der Waals surface area (Å²) in [5.41, 5.74) is 1.48. The van der Waals surface area contributed by atoms with E-state index in [0.717, 1.165) is 0 Å². The molecule has 1 aromatic carbocycles. The molecule has 1 amide bonds. The van der Waals surface area contributed by atoms with Gasteiger partial charge < -0.3 is 20.5 Å². The summed E-state index contributed by atoms with van der Waals surface area (Å²) in [6, 6.07) is 6.79. The van der Waals surface area contributed by atoms with Crippen LogP contribution in [0.25, 0.3) is 0 Å². The third-order valence-electron chi connectivity index (χ3n) is 3.18. The second-order valence-corrected chi connectivity index (χ2v) is 4.68. The number of nitrogens with one attached hydrogen (secondary N) is 2. The van der Waals surface area contributed by atoms with Gasteiger partial charge in [0.05, 0.1) is 5.69 Å². The Bertz CT molecular complexity index is 676. The molecule has 0 unspecified atom stereocenters. The lowest BCUT2D eigenvalue weighted by molar-refractivity contribution is -0.116. The van der Waals surface area contributed by atoms with Gasteiger partial charge >= 0.3 is 5.97 Å². The van der Waals surface area contributed by atoms with Gasteiger partial charge in [0.25, 0.3) is 0 Å². The van der Waals surface area contributed by atoms with Crippen molar-refractivity contribution in [2.45, 2.75) is 19.8 Å². The second-order valence-electron chi connectivity index (χ2n) is 4.68. The lowest BCUT2D eigenvalue weighted by atomic mass is 10.1. The van der Waals surface area contributed by atoms with E-state index < -0.39 is 5.97 Å². The molecule has 0 atom stereocenters. The number of carbonyl (C=O) groups is 2. The van der Waals surface area contributed by atoms with Crippen LogP contribution in [0.3, 0.4) is 0 Å². The number of amides is 1. The Kier molecular flexibility index (Phi) is 4.27. The van der Waals surface area contributed by atoms with Crippen molar-refractivity contribution >= 4 is 17.6 Å². The van der Waals surface area contributed by atoms with E-state index in [1.807, 2.05) is 0 Å². The maximum absolute atomic E-state index is 11.9. The number of hydrogen-bond acceptors (Lipinski definition) is 3. The number of phenolic OH excluding ortho intramolecular Hbond substituents is 1. The summed E-state index contributed by atoms with van der Waals surface area (Å²) in [6.07, 6.45) is 1.99. The molecule has 0 saturated heterocycles. The van der Waals surface area contributed by atoms with Crippen LogP contribution in [0.5, 0.6) is 5.75 Å². The second kappa shape index (κ2) is 6.13. The largest absolute Gasteiger partial charge is 0.508 e. The summed E-state index contributed by atoms with van der Waals surface area (Å²) >= 11 is 0. The highest BCUT2D eigenvalue weighted by Crippen LogP contribution is 2.20. The van der Waals surface area contributed by atoms with Crippen molar-refractivity contribution in [2.24, 2.45) is 0 Å². The molecule has 6 heteroatoms. The summed E-state index contributed by atoms with van der Waals surface area (Å²) in [4.78, 5) is 25.8. The Morgan fingerprint density at radius 1 is 1.29 bits per heavy atom. The van der Waals surface area contributed by atoms with Crippen molar-refractivity contribution in [3.05, 3.63) is 47.3 Å². The fraction of sp³-hybridized carbons (Fsp3) is 0.200. The van der Waals surface area contributed by atoms with Gasteiger partial charge in [0, 0.05) is 18.3 Å². The van der Waals surface area contributed by atoms with Crippen LogP contribution >= 0.6 is 0 Å². The standard InChI is InChI=1S/C15H16N2O4/c1-9-14(15(20)21)11(8-16-9)17-13(19)7-6-10-4-2-3-5-12(10)18/h2-5,8,16,18H,6-7H2,1H3,(H,17,19)(H,20,21). The van der Waals surface area contributed by atoms with E-state index in [-0.39, 0.29) is 29.3 Å². The van der Waals surface area contributed by atoms with Crippen LogP contribution in [0.2, 0.25) is 0 Å². The number of aromatic amines is 1. The van der Waals surface area contributed by atoms with Crippen molar-refractivity contribution in [1.29, 1.82) is 0 Å². The van der Waals surface area contributed by atoms with Gasteiger partial charge in [-0.15, -0.1) is 0 Å². The highest BCUT2D eigenvalue weighted by Gasteiger charge is 2.17. The predicted octanol–water partition coefficient (Wildman–Crippen LogP) is 2.30. The molecule has 2 aromatic rings. The predicted molar refractivity (Wildman–Crippen MR) is 77.5 cm³/mol. The Hall–Kier alpha value is -2.76. The highest BCUT2D eigenvalue weighted by molar-refractivity contribution is 6.01. The van der Waals surface area contributed by atoms with E-state index in [0.29, 0.717) is 17.7 Å².